The van der Waals surface area contributed by atoms with Gasteiger partial charge in [-0.1, -0.05) is 6.92 Å². The number of hydrogen-bond donors (Lipinski definition) is 2. The quantitative estimate of drug-likeness (QED) is 0.772. The molecule has 0 aliphatic heterocycles. The molecule has 0 aromatic rings. The Morgan fingerprint density at radius 1 is 1.53 bits per heavy atom. The van der Waals surface area contributed by atoms with E-state index in [-0.39, 0.29) is 29.5 Å². The summed E-state index contributed by atoms with van der Waals surface area (Å²) in [6, 6.07) is 0. The molecule has 0 saturated heterocycles. The lowest BCUT2D eigenvalue weighted by Crippen LogP contribution is -2.45. The third kappa shape index (κ3) is 4.11. The van der Waals surface area contributed by atoms with Crippen LogP contribution in [0, 0.1) is 11.3 Å². The van der Waals surface area contributed by atoms with Gasteiger partial charge >= 0.3 is 0 Å². The van der Waals surface area contributed by atoms with Crippen molar-refractivity contribution < 1.29 is 19.8 Å². The van der Waals surface area contributed by atoms with Gasteiger partial charge in [0.1, 0.15) is 11.6 Å². The predicted molar refractivity (Wildman–Crippen MR) is 72.7 cm³/mol. The molecule has 1 rings (SSSR count). The summed E-state index contributed by atoms with van der Waals surface area (Å²) in [6.07, 6.45) is 3.81. The van der Waals surface area contributed by atoms with E-state index in [1.807, 2.05) is 6.92 Å². The van der Waals surface area contributed by atoms with Crippen molar-refractivity contribution in [3.63, 3.8) is 0 Å². The second kappa shape index (κ2) is 6.14. The maximum absolute atomic E-state index is 12.3. The molecule has 0 spiro atoms. The highest BCUT2D eigenvalue weighted by Gasteiger charge is 2.43. The van der Waals surface area contributed by atoms with E-state index in [0.29, 0.717) is 12.8 Å². The van der Waals surface area contributed by atoms with Gasteiger partial charge in [-0.3, -0.25) is 4.79 Å². The van der Waals surface area contributed by atoms with Crippen molar-refractivity contribution in [1.29, 1.82) is 0 Å². The summed E-state index contributed by atoms with van der Waals surface area (Å²) in [6.45, 7) is 4.80. The van der Waals surface area contributed by atoms with Crippen molar-refractivity contribution in [3.05, 3.63) is 0 Å². The van der Waals surface area contributed by atoms with E-state index in [4.69, 9.17) is 5.11 Å². The Morgan fingerprint density at radius 3 is 2.63 bits per heavy atom. The molecule has 1 unspecified atom stereocenters. The molecular weight excluding hydrogens is 244 g/mol. The van der Waals surface area contributed by atoms with Crippen LogP contribution in [0.1, 0.15) is 59.3 Å². The molecule has 0 aromatic heterocycles. The van der Waals surface area contributed by atoms with Gasteiger partial charge in [-0.15, -0.1) is 0 Å². The molecule has 1 saturated carbocycles. The summed E-state index contributed by atoms with van der Waals surface area (Å²) in [5.74, 6) is 0.153. The zero-order valence-electron chi connectivity index (χ0n) is 12.2. The Morgan fingerprint density at radius 2 is 2.16 bits per heavy atom. The first-order chi connectivity index (χ1) is 8.71. The van der Waals surface area contributed by atoms with Gasteiger partial charge in [0.15, 0.2) is 0 Å². The number of aliphatic hydroxyl groups excluding tert-OH is 1. The lowest BCUT2D eigenvalue weighted by molar-refractivity contribution is -0.139. The van der Waals surface area contributed by atoms with Gasteiger partial charge in [0.05, 0.1) is 12.2 Å². The van der Waals surface area contributed by atoms with Gasteiger partial charge in [-0.2, -0.15) is 0 Å². The standard InChI is InChI=1S/C15H26O4/c1-11(17)5-4-7-14(2)8-6-12(9-13(14)18)15(3,19)10-16/h12,16,19H,4-10H2,1-3H3/t12?,14-,15+/m1/s1. The Balaban J connectivity index is 2.58. The van der Waals surface area contributed by atoms with E-state index >= 15 is 0 Å². The van der Waals surface area contributed by atoms with E-state index in [1.54, 1.807) is 13.8 Å². The molecule has 0 radical (unpaired) electrons. The molecule has 0 heterocycles. The number of ketones is 2. The maximum atomic E-state index is 12.3. The highest BCUT2D eigenvalue weighted by atomic mass is 16.3. The van der Waals surface area contributed by atoms with Gasteiger partial charge in [-0.05, 0) is 45.4 Å². The molecule has 19 heavy (non-hydrogen) atoms. The molecule has 0 amide bonds. The first kappa shape index (κ1) is 16.3. The smallest absolute Gasteiger partial charge is 0.139 e. The van der Waals surface area contributed by atoms with Crippen LogP contribution in [0.3, 0.4) is 0 Å². The summed E-state index contributed by atoms with van der Waals surface area (Å²) < 4.78 is 0. The fraction of sp³-hybridized carbons (Fsp3) is 0.867. The van der Waals surface area contributed by atoms with Crippen molar-refractivity contribution in [3.8, 4) is 0 Å². The van der Waals surface area contributed by atoms with Gasteiger partial charge in [-0.25, -0.2) is 0 Å². The molecule has 110 valence electrons. The second-order valence-electron chi connectivity index (χ2n) is 6.49. The van der Waals surface area contributed by atoms with Crippen molar-refractivity contribution in [1.82, 2.24) is 0 Å². The number of Topliss-reactive ketones (excluding diaryl/α,β-unsaturated/α-hetero) is 2. The van der Waals surface area contributed by atoms with Crippen LogP contribution >= 0.6 is 0 Å². The molecule has 4 nitrogen and oxygen atoms in total. The molecule has 3 atom stereocenters. The SMILES string of the molecule is CC(=O)CCC[C@]1(C)CCC([C@@](C)(O)CO)CC1=O. The van der Waals surface area contributed by atoms with Gasteiger partial charge < -0.3 is 15.0 Å². The minimum absolute atomic E-state index is 0.154. The van der Waals surface area contributed by atoms with Crippen LogP contribution in [0.5, 0.6) is 0 Å². The fourth-order valence-electron chi connectivity index (χ4n) is 2.86. The molecule has 0 bridgehead atoms. The van der Waals surface area contributed by atoms with Crippen LogP contribution in [0.4, 0.5) is 0 Å². The lowest BCUT2D eigenvalue weighted by atomic mass is 9.65. The third-order valence-corrected chi connectivity index (χ3v) is 4.61. The summed E-state index contributed by atoms with van der Waals surface area (Å²) in [5, 5.41) is 19.2. The third-order valence-electron chi connectivity index (χ3n) is 4.61. The Kier molecular flexibility index (Phi) is 5.27. The zero-order valence-corrected chi connectivity index (χ0v) is 12.2. The molecular formula is C15H26O4. The van der Waals surface area contributed by atoms with Crippen LogP contribution in [0.2, 0.25) is 0 Å². The van der Waals surface area contributed by atoms with E-state index in [9.17, 15) is 14.7 Å². The number of carbonyl (C=O) groups is 2. The van der Waals surface area contributed by atoms with Gasteiger partial charge in [0.25, 0.3) is 0 Å². The maximum Gasteiger partial charge on any atom is 0.139 e. The van der Waals surface area contributed by atoms with Gasteiger partial charge in [0.2, 0.25) is 0 Å². The second-order valence-corrected chi connectivity index (χ2v) is 6.49. The summed E-state index contributed by atoms with van der Waals surface area (Å²) >= 11 is 0. The minimum atomic E-state index is -1.17. The number of rotatable bonds is 6. The van der Waals surface area contributed by atoms with Crippen molar-refractivity contribution in [2.24, 2.45) is 11.3 Å². The van der Waals surface area contributed by atoms with Crippen LogP contribution in [0.15, 0.2) is 0 Å². The minimum Gasteiger partial charge on any atom is -0.393 e. The number of carbonyl (C=O) groups excluding carboxylic acids is 2. The molecule has 1 fully saturated rings. The Hall–Kier alpha value is -0.740. The van der Waals surface area contributed by atoms with E-state index in [0.717, 1.165) is 25.7 Å². The summed E-state index contributed by atoms with van der Waals surface area (Å²) in [5.41, 5.74) is -1.53. The zero-order chi connectivity index (χ0) is 14.7. The van der Waals surface area contributed by atoms with E-state index < -0.39 is 5.60 Å². The molecule has 1 aliphatic carbocycles. The normalized spacial score (nSPS) is 31.0. The molecule has 1 aliphatic rings. The monoisotopic (exact) mass is 270 g/mol. The van der Waals surface area contributed by atoms with Crippen molar-refractivity contribution in [2.75, 3.05) is 6.61 Å². The van der Waals surface area contributed by atoms with E-state index in [2.05, 4.69) is 0 Å². The predicted octanol–water partition coefficient (Wildman–Crippen LogP) is 1.86. The van der Waals surface area contributed by atoms with Crippen LogP contribution in [0.25, 0.3) is 0 Å². The van der Waals surface area contributed by atoms with Crippen molar-refractivity contribution >= 4 is 11.6 Å². The number of aliphatic hydroxyl groups is 2. The Bertz CT molecular complexity index is 348. The lowest BCUT2D eigenvalue weighted by Gasteiger charge is -2.41. The topological polar surface area (TPSA) is 74.6 Å². The van der Waals surface area contributed by atoms with Crippen LogP contribution in [-0.4, -0.2) is 34.0 Å². The van der Waals surface area contributed by atoms with Gasteiger partial charge in [0, 0.05) is 18.3 Å². The average molecular weight is 270 g/mol. The summed E-state index contributed by atoms with van der Waals surface area (Å²) in [7, 11) is 0. The highest BCUT2D eigenvalue weighted by molar-refractivity contribution is 5.85. The van der Waals surface area contributed by atoms with Crippen LogP contribution in [-0.2, 0) is 9.59 Å². The largest absolute Gasteiger partial charge is 0.393 e. The first-order valence-corrected chi connectivity index (χ1v) is 7.07. The highest BCUT2D eigenvalue weighted by Crippen LogP contribution is 2.42. The molecule has 4 heteroatoms. The Labute approximate surface area is 115 Å². The van der Waals surface area contributed by atoms with E-state index in [1.165, 1.54) is 0 Å². The average Bonchev–Trinajstić information content (AvgIpc) is 2.32. The fourth-order valence-corrected chi connectivity index (χ4v) is 2.86. The van der Waals surface area contributed by atoms with Crippen LogP contribution < -0.4 is 0 Å². The molecule has 2 N–H and O–H groups in total. The molecule has 0 aromatic carbocycles. The first-order valence-electron chi connectivity index (χ1n) is 7.07. The summed E-state index contributed by atoms with van der Waals surface area (Å²) in [4.78, 5) is 23.2. The van der Waals surface area contributed by atoms with Crippen molar-refractivity contribution in [2.45, 2.75) is 64.9 Å². The number of hydrogen-bond acceptors (Lipinski definition) is 4.